The van der Waals surface area contributed by atoms with E-state index in [0.717, 1.165) is 12.8 Å². The maximum absolute atomic E-state index is 14.8. The number of fused-ring (bicyclic) bond motifs is 5. The molecule has 8 rings (SSSR count). The molecule has 0 radical (unpaired) electrons. The van der Waals surface area contributed by atoms with E-state index in [1.807, 2.05) is 13.0 Å². The van der Waals surface area contributed by atoms with Gasteiger partial charge in [0.15, 0.2) is 11.4 Å². The van der Waals surface area contributed by atoms with Gasteiger partial charge in [-0.2, -0.15) is 13.2 Å². The zero-order chi connectivity index (χ0) is 43.6. The predicted molar refractivity (Wildman–Crippen MR) is 213 cm³/mol. The Morgan fingerprint density at radius 3 is 2.51 bits per heavy atom. The topological polar surface area (TPSA) is 192 Å². The van der Waals surface area contributed by atoms with Crippen molar-refractivity contribution in [2.45, 2.75) is 125 Å². The number of halogens is 3. The largest absolute Gasteiger partial charge is 0.497 e. The van der Waals surface area contributed by atoms with E-state index in [-0.39, 0.29) is 81.2 Å². The van der Waals surface area contributed by atoms with Crippen molar-refractivity contribution in [1.29, 1.82) is 0 Å². The van der Waals surface area contributed by atoms with Crippen LogP contribution in [0.3, 0.4) is 0 Å². The third-order valence-electron chi connectivity index (χ3n) is 13.4. The monoisotopic (exact) mass is 875 g/mol. The molecule has 6 aliphatic rings. The van der Waals surface area contributed by atoms with Crippen LogP contribution >= 0.6 is 0 Å². The molecule has 3 saturated carbocycles. The van der Waals surface area contributed by atoms with Crippen LogP contribution in [0.5, 0.6) is 11.5 Å². The van der Waals surface area contributed by atoms with Crippen molar-refractivity contribution in [3.63, 3.8) is 0 Å². The second-order valence-corrected chi connectivity index (χ2v) is 20.2. The van der Waals surface area contributed by atoms with Crippen molar-refractivity contribution in [3.8, 4) is 11.5 Å². The molecule has 1 saturated heterocycles. The van der Waals surface area contributed by atoms with Gasteiger partial charge in [-0.05, 0) is 82.4 Å². The molecule has 0 bridgehead atoms. The first-order valence-corrected chi connectivity index (χ1v) is 22.4. The van der Waals surface area contributed by atoms with Crippen LogP contribution in [0, 0.1) is 11.3 Å². The quantitative estimate of drug-likeness (QED) is 0.292. The smallest absolute Gasteiger partial charge is 0.437 e. The number of hydrogen-bond donors (Lipinski definition) is 3. The first-order chi connectivity index (χ1) is 28.9. The van der Waals surface area contributed by atoms with E-state index in [0.29, 0.717) is 36.8 Å². The van der Waals surface area contributed by atoms with Crippen LogP contribution in [0.4, 0.5) is 18.0 Å². The molecule has 4 amide bonds. The molecule has 3 aliphatic carbocycles. The van der Waals surface area contributed by atoms with Gasteiger partial charge in [0, 0.05) is 35.8 Å². The number of aromatic nitrogens is 1. The molecule has 332 valence electrons. The molecule has 5 atom stereocenters. The number of hydrogen-bond acceptors (Lipinski definition) is 11. The zero-order valence-electron chi connectivity index (χ0n) is 34.5. The number of methoxy groups -OCH3 is 2. The fourth-order valence-electron chi connectivity index (χ4n) is 9.04. The summed E-state index contributed by atoms with van der Waals surface area (Å²) in [6.45, 7) is 1.67. The molecule has 4 fully saturated rings. The Morgan fingerprint density at radius 2 is 1.82 bits per heavy atom. The highest BCUT2D eigenvalue weighted by atomic mass is 32.2. The van der Waals surface area contributed by atoms with Gasteiger partial charge in [-0.25, -0.2) is 18.2 Å². The molecule has 1 spiro atoms. The SMILES string of the molecule is COCC1(S(=O)(=O)NC(=O)[C@@]23C[C@H]2/C=C\CCCCC[C@H](NC(=O)OCC2(C)CC2)C(=O)N2C[C@@]4(CCc5c(c(C(F)(F)F)nc6ccc(OC)cc56)O4)C[C@H]2C(=O)N3)CC1. The molecular weight excluding hydrogens is 824 g/mol. The lowest BCUT2D eigenvalue weighted by atomic mass is 9.87. The lowest BCUT2D eigenvalue weighted by molar-refractivity contribution is -0.144. The van der Waals surface area contributed by atoms with Gasteiger partial charge in [0.2, 0.25) is 21.8 Å². The Morgan fingerprint density at radius 1 is 1.05 bits per heavy atom. The fourth-order valence-corrected chi connectivity index (χ4v) is 10.6. The van der Waals surface area contributed by atoms with Crippen molar-refractivity contribution < 1.29 is 59.7 Å². The molecule has 4 heterocycles. The number of carbonyl (C=O) groups is 4. The molecule has 1 aromatic carbocycles. The number of alkyl halides is 3. The Balaban J connectivity index is 1.15. The summed E-state index contributed by atoms with van der Waals surface area (Å²) in [6, 6.07) is 1.96. The van der Waals surface area contributed by atoms with E-state index in [2.05, 4.69) is 20.3 Å². The highest BCUT2D eigenvalue weighted by Crippen LogP contribution is 2.51. The number of amides is 4. The van der Waals surface area contributed by atoms with Gasteiger partial charge in [-0.3, -0.25) is 19.1 Å². The van der Waals surface area contributed by atoms with E-state index in [1.165, 1.54) is 31.3 Å². The number of nitrogens with zero attached hydrogens (tertiary/aromatic N) is 2. The van der Waals surface area contributed by atoms with Gasteiger partial charge < -0.3 is 34.5 Å². The summed E-state index contributed by atoms with van der Waals surface area (Å²) in [5.74, 6) is -3.13. The molecule has 3 N–H and O–H groups in total. The number of pyridine rings is 1. The molecule has 1 aromatic heterocycles. The normalized spacial score (nSPS) is 29.7. The minimum absolute atomic E-state index is 0.0635. The molecule has 0 unspecified atom stereocenters. The van der Waals surface area contributed by atoms with E-state index < -0.39 is 85.3 Å². The van der Waals surface area contributed by atoms with E-state index in [4.69, 9.17) is 18.9 Å². The number of alkyl carbamates (subject to hydrolysis) is 1. The molecular formula is C42H52F3N5O10S. The third kappa shape index (κ3) is 8.35. The van der Waals surface area contributed by atoms with E-state index >= 15 is 0 Å². The molecule has 3 aliphatic heterocycles. The number of nitrogens with one attached hydrogen (secondary N) is 3. The number of carbonyl (C=O) groups excluding carboxylic acids is 4. The summed E-state index contributed by atoms with van der Waals surface area (Å²) in [6.07, 6.45) is 2.87. The van der Waals surface area contributed by atoms with Gasteiger partial charge in [-0.1, -0.05) is 31.9 Å². The lowest BCUT2D eigenvalue weighted by Crippen LogP contribution is -2.59. The summed E-state index contributed by atoms with van der Waals surface area (Å²) in [7, 11) is -1.44. The number of benzene rings is 1. The number of rotatable bonds is 9. The average Bonchev–Trinajstić information content (AvgIpc) is 4.17. The maximum Gasteiger partial charge on any atom is 0.437 e. The lowest BCUT2D eigenvalue weighted by Gasteiger charge is -2.37. The third-order valence-corrected chi connectivity index (χ3v) is 15.5. The second kappa shape index (κ2) is 15.6. The van der Waals surface area contributed by atoms with Crippen molar-refractivity contribution in [2.75, 3.05) is 34.0 Å². The van der Waals surface area contributed by atoms with Crippen molar-refractivity contribution >= 4 is 44.7 Å². The summed E-state index contributed by atoms with van der Waals surface area (Å²) >= 11 is 0. The minimum atomic E-state index is -4.93. The molecule has 19 heteroatoms. The number of aryl methyl sites for hydroxylation is 1. The van der Waals surface area contributed by atoms with Crippen molar-refractivity contribution in [3.05, 3.63) is 41.6 Å². The van der Waals surface area contributed by atoms with Gasteiger partial charge >= 0.3 is 12.3 Å². The van der Waals surface area contributed by atoms with Gasteiger partial charge in [0.1, 0.15) is 33.7 Å². The highest BCUT2D eigenvalue weighted by molar-refractivity contribution is 7.91. The Bertz CT molecular complexity index is 2260. The van der Waals surface area contributed by atoms with Crippen LogP contribution in [0.25, 0.3) is 10.9 Å². The van der Waals surface area contributed by atoms with E-state index in [1.54, 1.807) is 12.1 Å². The molecule has 2 aromatic rings. The number of ether oxygens (including phenoxy) is 4. The van der Waals surface area contributed by atoms with Crippen LogP contribution < -0.4 is 24.8 Å². The van der Waals surface area contributed by atoms with Crippen LogP contribution in [-0.2, 0) is 46.5 Å². The standard InChI is InChI=1S/C42H52F3N5O10S/c1-38(15-16-38)23-59-37(54)47-30-10-8-6-4-5-7-9-25-20-41(25,36(53)49-61(55,56)40(17-18-40)24-57-2)48-34(51)31-21-39(22-50(31)35(30)52)14-13-27-28-19-26(58-3)11-12-29(28)46-33(32(27)60-39)42(43,44)45/h7,9,11-12,19,25,30-31H,4-6,8,10,13-18,20-24H2,1-3H3,(H,47,54)(H,48,51)(H,49,53)/b9-7-/t25-,30+,31+,39-,41-/m1/s1. The number of sulfonamides is 1. The van der Waals surface area contributed by atoms with Gasteiger partial charge in [-0.15, -0.1) is 0 Å². The molecule has 61 heavy (non-hydrogen) atoms. The van der Waals surface area contributed by atoms with E-state index in [9.17, 15) is 40.8 Å². The van der Waals surface area contributed by atoms with Crippen LogP contribution in [0.1, 0.15) is 95.2 Å². The average molecular weight is 876 g/mol. The molecule has 15 nitrogen and oxygen atoms in total. The Kier molecular flexibility index (Phi) is 11.0. The summed E-state index contributed by atoms with van der Waals surface area (Å²) in [5, 5.41) is 5.91. The predicted octanol–water partition coefficient (Wildman–Crippen LogP) is 4.84. The summed E-state index contributed by atoms with van der Waals surface area (Å²) < 4.78 is 94.8. The highest BCUT2D eigenvalue weighted by Gasteiger charge is 2.64. The first kappa shape index (κ1) is 43.0. The van der Waals surface area contributed by atoms with Crippen molar-refractivity contribution in [1.82, 2.24) is 25.2 Å². The fraction of sp³-hybridized carbons (Fsp3) is 0.643. The minimum Gasteiger partial charge on any atom is -0.497 e. The Hall–Kier alpha value is -4.65. The number of allylic oxidation sites excluding steroid dienone is 1. The van der Waals surface area contributed by atoms with Gasteiger partial charge in [0.05, 0.1) is 32.4 Å². The van der Waals surface area contributed by atoms with Crippen molar-refractivity contribution in [2.24, 2.45) is 11.3 Å². The Labute approximate surface area is 351 Å². The van der Waals surface area contributed by atoms with Crippen LogP contribution in [-0.4, -0.2) is 104 Å². The maximum atomic E-state index is 14.8. The summed E-state index contributed by atoms with van der Waals surface area (Å²) in [5.41, 5.74) is -4.29. The van der Waals surface area contributed by atoms with Crippen LogP contribution in [0.15, 0.2) is 30.4 Å². The summed E-state index contributed by atoms with van der Waals surface area (Å²) in [4.78, 5) is 62.0. The zero-order valence-corrected chi connectivity index (χ0v) is 35.3. The van der Waals surface area contributed by atoms with Gasteiger partial charge in [0.25, 0.3) is 5.91 Å². The second-order valence-electron chi connectivity index (χ2n) is 18.1. The first-order valence-electron chi connectivity index (χ1n) is 20.9. The van der Waals surface area contributed by atoms with Crippen LogP contribution in [0.2, 0.25) is 0 Å².